The molecule has 37 heavy (non-hydrogen) atoms. The van der Waals surface area contributed by atoms with Crippen LogP contribution in [0.2, 0.25) is 13.1 Å². The van der Waals surface area contributed by atoms with Gasteiger partial charge in [-0.1, -0.05) is 19.8 Å². The van der Waals surface area contributed by atoms with Crippen LogP contribution in [0.25, 0.3) is 10.7 Å². The molecular weight excluding hydrogens is 516 g/mol. The van der Waals surface area contributed by atoms with Crippen LogP contribution < -0.4 is 4.90 Å². The van der Waals surface area contributed by atoms with Gasteiger partial charge in [0, 0.05) is 29.2 Å². The number of carboxylic acid groups (broad SMARTS) is 1. The average molecular weight is 548 g/mol. The first-order chi connectivity index (χ1) is 17.6. The third-order valence-electron chi connectivity index (χ3n) is 6.85. The van der Waals surface area contributed by atoms with Crippen molar-refractivity contribution >= 4 is 31.6 Å². The molecule has 3 heterocycles. The zero-order chi connectivity index (χ0) is 26.6. The molecule has 1 aliphatic carbocycles. The Labute approximate surface area is 219 Å². The molecule has 3 aromatic heterocycles. The van der Waals surface area contributed by atoms with Gasteiger partial charge < -0.3 is 9.53 Å². The van der Waals surface area contributed by atoms with Gasteiger partial charge in [0.1, 0.15) is 22.3 Å². The van der Waals surface area contributed by atoms with E-state index in [0.717, 1.165) is 22.6 Å². The highest BCUT2D eigenvalue weighted by atomic mass is 32.1. The molecule has 1 atom stereocenters. The van der Waals surface area contributed by atoms with Crippen molar-refractivity contribution in [2.24, 2.45) is 0 Å². The first kappa shape index (κ1) is 27.2. The second-order valence-electron chi connectivity index (χ2n) is 9.89. The van der Waals surface area contributed by atoms with Crippen LogP contribution >= 0.6 is 11.3 Å². The summed E-state index contributed by atoms with van der Waals surface area (Å²) in [7, 11) is -2.46. The molecule has 0 saturated heterocycles. The Hall–Kier alpha value is -2.83. The molecule has 0 radical (unpaired) electrons. The second-order valence-corrected chi connectivity index (χ2v) is 15.1. The van der Waals surface area contributed by atoms with E-state index in [2.05, 4.69) is 20.2 Å². The molecule has 4 rings (SSSR count). The molecular formula is C25H31F2N5O3SSi. The zero-order valence-corrected chi connectivity index (χ0v) is 23.0. The van der Waals surface area contributed by atoms with E-state index in [-0.39, 0.29) is 24.7 Å². The summed E-state index contributed by atoms with van der Waals surface area (Å²) in [4.78, 5) is 22.7. The lowest BCUT2D eigenvalue weighted by Gasteiger charge is -2.43. The first-order valence-corrected chi connectivity index (χ1v) is 16.1. The maximum Gasteiger partial charge on any atom is 0.413 e. The fraction of sp³-hybridized carbons (Fsp3) is 0.480. The zero-order valence-electron chi connectivity index (χ0n) is 21.2. The summed E-state index contributed by atoms with van der Waals surface area (Å²) in [6.45, 7) is 6.04. The average Bonchev–Trinajstić information content (AvgIpc) is 3.33. The highest BCUT2D eigenvalue weighted by Crippen LogP contribution is 2.45. The first-order valence-electron chi connectivity index (χ1n) is 12.3. The van der Waals surface area contributed by atoms with Crippen molar-refractivity contribution in [3.05, 3.63) is 53.0 Å². The molecule has 198 valence electrons. The summed E-state index contributed by atoms with van der Waals surface area (Å²) in [5, 5.41) is 18.9. The van der Waals surface area contributed by atoms with E-state index < -0.39 is 31.4 Å². The molecule has 1 N–H and O–H groups in total. The predicted molar refractivity (Wildman–Crippen MR) is 140 cm³/mol. The van der Waals surface area contributed by atoms with Crippen molar-refractivity contribution in [3.63, 3.8) is 0 Å². The molecule has 3 aromatic rings. The Balaban J connectivity index is 1.46. The maximum absolute atomic E-state index is 14.5. The number of anilines is 1. The minimum atomic E-state index is -2.46. The van der Waals surface area contributed by atoms with E-state index in [0.29, 0.717) is 30.0 Å². The number of pyridine rings is 1. The molecule has 12 heteroatoms. The van der Waals surface area contributed by atoms with Gasteiger partial charge in [0.25, 0.3) is 0 Å². The van der Waals surface area contributed by atoms with Crippen molar-refractivity contribution in [2.45, 2.75) is 69.9 Å². The van der Waals surface area contributed by atoms with Gasteiger partial charge in [-0.25, -0.2) is 18.6 Å². The topological polar surface area (TPSA) is 101 Å². The van der Waals surface area contributed by atoms with Crippen LogP contribution in [0.4, 0.5) is 19.4 Å². The van der Waals surface area contributed by atoms with Crippen molar-refractivity contribution in [2.75, 3.05) is 11.4 Å². The Morgan fingerprint density at radius 3 is 2.65 bits per heavy atom. The Bertz CT molecular complexity index is 1220. The number of alkyl halides is 1. The Morgan fingerprint density at radius 2 is 2.05 bits per heavy atom. The van der Waals surface area contributed by atoms with Crippen LogP contribution in [-0.2, 0) is 16.4 Å². The Morgan fingerprint density at radius 1 is 1.27 bits per heavy atom. The predicted octanol–water partition coefficient (Wildman–Crippen LogP) is 6.14. The van der Waals surface area contributed by atoms with Gasteiger partial charge in [-0.05, 0) is 56.6 Å². The van der Waals surface area contributed by atoms with Crippen molar-refractivity contribution in [3.8, 4) is 10.7 Å². The number of thiazole rings is 1. The molecule has 0 aliphatic heterocycles. The van der Waals surface area contributed by atoms with E-state index in [4.69, 9.17) is 4.43 Å². The van der Waals surface area contributed by atoms with Crippen LogP contribution in [0, 0.1) is 5.82 Å². The van der Waals surface area contributed by atoms with Gasteiger partial charge in [0.15, 0.2) is 5.82 Å². The van der Waals surface area contributed by atoms with Crippen molar-refractivity contribution in [1.29, 1.82) is 0 Å². The number of hydrogen-bond donors (Lipinski definition) is 1. The van der Waals surface area contributed by atoms with Gasteiger partial charge in [-0.2, -0.15) is 0 Å². The molecule has 0 aromatic carbocycles. The summed E-state index contributed by atoms with van der Waals surface area (Å²) < 4.78 is 34.9. The SMILES string of the molecule is CCCC(F)[Si](C)(C)OCc1cnc(-c2ccc(N(CC3(c4ncccc4F)CCC3)C(=O)O)nn2)s1. The third-order valence-corrected chi connectivity index (χ3v) is 10.5. The molecule has 1 unspecified atom stereocenters. The van der Waals surface area contributed by atoms with Crippen molar-refractivity contribution < 1.29 is 23.1 Å². The molecule has 0 spiro atoms. The monoisotopic (exact) mass is 547 g/mol. The minimum absolute atomic E-state index is 0.0380. The van der Waals surface area contributed by atoms with Crippen LogP contribution in [-0.4, -0.2) is 52.0 Å². The number of nitrogens with zero attached hydrogens (tertiary/aromatic N) is 5. The maximum atomic E-state index is 14.5. The molecule has 1 fully saturated rings. The molecule has 1 aliphatic rings. The lowest BCUT2D eigenvalue weighted by atomic mass is 9.66. The summed E-state index contributed by atoms with van der Waals surface area (Å²) in [5.74, 6) is -1.21. The summed E-state index contributed by atoms with van der Waals surface area (Å²) in [6, 6.07) is 6.10. The normalized spacial score (nSPS) is 15.7. The van der Waals surface area contributed by atoms with E-state index in [9.17, 15) is 18.7 Å². The molecule has 1 saturated carbocycles. The van der Waals surface area contributed by atoms with E-state index in [1.165, 1.54) is 29.7 Å². The van der Waals surface area contributed by atoms with Crippen LogP contribution in [0.3, 0.4) is 0 Å². The van der Waals surface area contributed by atoms with Crippen molar-refractivity contribution in [1.82, 2.24) is 20.2 Å². The van der Waals surface area contributed by atoms with Gasteiger partial charge >= 0.3 is 6.09 Å². The van der Waals surface area contributed by atoms with E-state index in [1.807, 2.05) is 20.0 Å². The van der Waals surface area contributed by atoms with Gasteiger partial charge in [0.05, 0.1) is 12.3 Å². The number of aromatic nitrogens is 4. The molecule has 1 amide bonds. The quantitative estimate of drug-likeness (QED) is 0.288. The molecule has 0 bridgehead atoms. The minimum Gasteiger partial charge on any atom is -0.465 e. The van der Waals surface area contributed by atoms with E-state index >= 15 is 0 Å². The van der Waals surface area contributed by atoms with Gasteiger partial charge in [-0.15, -0.1) is 21.5 Å². The summed E-state index contributed by atoms with van der Waals surface area (Å²) in [6.07, 6.45) is 5.44. The second kappa shape index (κ2) is 11.3. The standard InChI is InChI=1S/C25H31F2N5O3SSi/c1-4-7-20(27)37(2,3)35-15-17-14-29-23(36-17)19-9-10-21(31-30-19)32(24(33)34)16-25(11-6-12-25)22-18(26)8-5-13-28-22/h5,8-10,13-14,20H,4,6-7,11-12,15-16H2,1-3H3,(H,33,34). The highest BCUT2D eigenvalue weighted by molar-refractivity contribution is 7.15. The lowest BCUT2D eigenvalue weighted by molar-refractivity contribution is 0.188. The number of halogens is 2. The number of carbonyl (C=O) groups is 1. The Kier molecular flexibility index (Phi) is 8.29. The summed E-state index contributed by atoms with van der Waals surface area (Å²) >= 11 is 1.38. The van der Waals surface area contributed by atoms with Crippen LogP contribution in [0.15, 0.2) is 36.7 Å². The number of hydrogen-bond acceptors (Lipinski definition) is 7. The smallest absolute Gasteiger partial charge is 0.413 e. The van der Waals surface area contributed by atoms with Crippen LogP contribution in [0.1, 0.15) is 49.6 Å². The highest BCUT2D eigenvalue weighted by Gasteiger charge is 2.45. The third kappa shape index (κ3) is 6.02. The van der Waals surface area contributed by atoms with Gasteiger partial charge in [-0.3, -0.25) is 9.88 Å². The largest absolute Gasteiger partial charge is 0.465 e. The fourth-order valence-electron chi connectivity index (χ4n) is 4.42. The number of amides is 1. The fourth-order valence-corrected chi connectivity index (χ4v) is 7.01. The van der Waals surface area contributed by atoms with Gasteiger partial charge in [0.2, 0.25) is 8.32 Å². The van der Waals surface area contributed by atoms with Crippen LogP contribution in [0.5, 0.6) is 0 Å². The molecule has 8 nitrogen and oxygen atoms in total. The number of rotatable bonds is 11. The lowest BCUT2D eigenvalue weighted by Crippen LogP contribution is -2.49. The summed E-state index contributed by atoms with van der Waals surface area (Å²) in [5.41, 5.74) is 0.0844. The van der Waals surface area contributed by atoms with E-state index in [1.54, 1.807) is 18.3 Å².